The number of rotatable bonds is 6. The van der Waals surface area contributed by atoms with E-state index in [1.165, 1.54) is 38.4 Å². The maximum atomic E-state index is 13.1. The van der Waals surface area contributed by atoms with Crippen molar-refractivity contribution in [2.75, 3.05) is 27.9 Å². The highest BCUT2D eigenvalue weighted by Crippen LogP contribution is 2.44. The van der Waals surface area contributed by atoms with Crippen LogP contribution in [0, 0.1) is 5.41 Å². The van der Waals surface area contributed by atoms with E-state index in [0.29, 0.717) is 18.6 Å². The molecule has 0 bridgehead atoms. The SMILES string of the molecule is COc1cc(C(=O)C(=O)N2CCC[C@@]2(C(=O)O)C(C)(C)C)cc(OC)c1OC. The molecular formula is C20H27NO7. The average Bonchev–Trinajstić information content (AvgIpc) is 3.11. The Balaban J connectivity index is 2.50. The summed E-state index contributed by atoms with van der Waals surface area (Å²) in [5, 5.41) is 9.94. The number of likely N-dealkylation sites (tertiary alicyclic amines) is 1. The molecule has 1 aromatic carbocycles. The van der Waals surface area contributed by atoms with E-state index in [2.05, 4.69) is 0 Å². The van der Waals surface area contributed by atoms with Crippen molar-refractivity contribution in [1.29, 1.82) is 0 Å². The normalized spacial score (nSPS) is 19.3. The van der Waals surface area contributed by atoms with Crippen molar-refractivity contribution in [1.82, 2.24) is 4.90 Å². The summed E-state index contributed by atoms with van der Waals surface area (Å²) in [5.74, 6) is -2.02. The minimum atomic E-state index is -1.44. The number of aliphatic carboxylic acids is 1. The van der Waals surface area contributed by atoms with Crippen LogP contribution in [-0.2, 0) is 9.59 Å². The van der Waals surface area contributed by atoms with Gasteiger partial charge in [0.25, 0.3) is 11.7 Å². The second-order valence-corrected chi connectivity index (χ2v) is 7.72. The summed E-state index contributed by atoms with van der Waals surface area (Å²) in [7, 11) is 4.24. The van der Waals surface area contributed by atoms with Crippen LogP contribution in [0.1, 0.15) is 44.0 Å². The molecule has 1 aromatic rings. The van der Waals surface area contributed by atoms with E-state index in [9.17, 15) is 19.5 Å². The van der Waals surface area contributed by atoms with Gasteiger partial charge in [0.1, 0.15) is 5.54 Å². The molecule has 1 saturated heterocycles. The average molecular weight is 393 g/mol. The van der Waals surface area contributed by atoms with E-state index in [-0.39, 0.29) is 23.6 Å². The molecule has 1 atom stereocenters. The second-order valence-electron chi connectivity index (χ2n) is 7.72. The number of carboxylic acid groups (broad SMARTS) is 1. The van der Waals surface area contributed by atoms with Gasteiger partial charge in [-0.15, -0.1) is 0 Å². The predicted molar refractivity (Wildman–Crippen MR) is 101 cm³/mol. The maximum absolute atomic E-state index is 13.1. The van der Waals surface area contributed by atoms with Crippen molar-refractivity contribution in [2.45, 2.75) is 39.2 Å². The van der Waals surface area contributed by atoms with Gasteiger partial charge >= 0.3 is 5.97 Å². The zero-order valence-electron chi connectivity index (χ0n) is 17.1. The van der Waals surface area contributed by atoms with Crippen LogP contribution in [0.15, 0.2) is 12.1 Å². The Labute approximate surface area is 164 Å². The van der Waals surface area contributed by atoms with E-state index >= 15 is 0 Å². The topological polar surface area (TPSA) is 102 Å². The molecule has 1 N–H and O–H groups in total. The Kier molecular flexibility index (Phi) is 5.91. The van der Waals surface area contributed by atoms with Crippen molar-refractivity contribution in [3.63, 3.8) is 0 Å². The molecule has 8 heteroatoms. The molecule has 0 aliphatic carbocycles. The van der Waals surface area contributed by atoms with Crippen LogP contribution in [0.2, 0.25) is 0 Å². The van der Waals surface area contributed by atoms with Crippen LogP contribution in [-0.4, -0.2) is 61.1 Å². The first-order chi connectivity index (χ1) is 13.0. The molecule has 1 aliphatic heterocycles. The minimum Gasteiger partial charge on any atom is -0.493 e. The monoisotopic (exact) mass is 393 g/mol. The highest BCUT2D eigenvalue weighted by molar-refractivity contribution is 6.43. The Morgan fingerprint density at radius 3 is 1.96 bits per heavy atom. The van der Waals surface area contributed by atoms with E-state index in [1.807, 2.05) is 0 Å². The summed E-state index contributed by atoms with van der Waals surface area (Å²) in [6.07, 6.45) is 0.804. The zero-order chi connectivity index (χ0) is 21.3. The van der Waals surface area contributed by atoms with Crippen molar-refractivity contribution >= 4 is 17.7 Å². The molecule has 1 heterocycles. The van der Waals surface area contributed by atoms with Gasteiger partial charge in [0, 0.05) is 12.1 Å². The van der Waals surface area contributed by atoms with Gasteiger partial charge < -0.3 is 24.2 Å². The Morgan fingerprint density at radius 2 is 1.57 bits per heavy atom. The summed E-state index contributed by atoms with van der Waals surface area (Å²) in [5.41, 5.74) is -2.15. The van der Waals surface area contributed by atoms with Gasteiger partial charge in [0.05, 0.1) is 21.3 Å². The van der Waals surface area contributed by atoms with Gasteiger partial charge in [-0.3, -0.25) is 9.59 Å². The molecule has 0 aromatic heterocycles. The van der Waals surface area contributed by atoms with E-state index < -0.39 is 28.6 Å². The van der Waals surface area contributed by atoms with Crippen molar-refractivity contribution in [2.24, 2.45) is 5.41 Å². The molecule has 0 spiro atoms. The molecular weight excluding hydrogens is 366 g/mol. The number of ether oxygens (including phenoxy) is 3. The molecule has 1 fully saturated rings. The summed E-state index contributed by atoms with van der Waals surface area (Å²) < 4.78 is 15.7. The van der Waals surface area contributed by atoms with Gasteiger partial charge in [-0.25, -0.2) is 4.79 Å². The van der Waals surface area contributed by atoms with Crippen LogP contribution >= 0.6 is 0 Å². The van der Waals surface area contributed by atoms with E-state index in [4.69, 9.17) is 14.2 Å². The van der Waals surface area contributed by atoms with Crippen LogP contribution in [0.3, 0.4) is 0 Å². The Bertz CT molecular complexity index is 771. The fraction of sp³-hybridized carbons (Fsp3) is 0.550. The third-order valence-corrected chi connectivity index (χ3v) is 5.34. The number of hydrogen-bond donors (Lipinski definition) is 1. The summed E-state index contributed by atoms with van der Waals surface area (Å²) in [6, 6.07) is 2.77. The fourth-order valence-electron chi connectivity index (χ4n) is 3.88. The van der Waals surface area contributed by atoms with Gasteiger partial charge in [0.2, 0.25) is 5.75 Å². The number of carboxylic acids is 1. The fourth-order valence-corrected chi connectivity index (χ4v) is 3.88. The van der Waals surface area contributed by atoms with E-state index in [1.54, 1.807) is 20.8 Å². The number of hydrogen-bond acceptors (Lipinski definition) is 6. The van der Waals surface area contributed by atoms with Crippen LogP contribution in [0.5, 0.6) is 17.2 Å². The summed E-state index contributed by atoms with van der Waals surface area (Å²) >= 11 is 0. The van der Waals surface area contributed by atoms with Gasteiger partial charge in [-0.2, -0.15) is 0 Å². The molecule has 2 rings (SSSR count). The van der Waals surface area contributed by atoms with Gasteiger partial charge in [-0.05, 0) is 30.4 Å². The highest BCUT2D eigenvalue weighted by atomic mass is 16.5. The van der Waals surface area contributed by atoms with Crippen molar-refractivity contribution < 1.29 is 33.7 Å². The summed E-state index contributed by atoms with van der Waals surface area (Å²) in [6.45, 7) is 5.49. The number of Topliss-reactive ketones (excluding diaryl/α,β-unsaturated/α-hetero) is 1. The number of carbonyl (C=O) groups excluding carboxylic acids is 2. The molecule has 0 unspecified atom stereocenters. The molecule has 0 saturated carbocycles. The maximum Gasteiger partial charge on any atom is 0.330 e. The number of amides is 1. The standard InChI is InChI=1S/C20H27NO7/c1-19(2,3)20(18(24)25)8-7-9-21(20)17(23)15(22)12-10-13(26-4)16(28-6)14(11-12)27-5/h10-11H,7-9H2,1-6H3,(H,24,25)/t20-/m1/s1. The number of carbonyl (C=O) groups is 3. The molecule has 8 nitrogen and oxygen atoms in total. The highest BCUT2D eigenvalue weighted by Gasteiger charge is 2.58. The van der Waals surface area contributed by atoms with Crippen molar-refractivity contribution in [3.8, 4) is 17.2 Å². The molecule has 154 valence electrons. The molecule has 1 aliphatic rings. The smallest absolute Gasteiger partial charge is 0.330 e. The van der Waals surface area contributed by atoms with Crippen LogP contribution in [0.4, 0.5) is 0 Å². The third-order valence-electron chi connectivity index (χ3n) is 5.34. The summed E-state index contributed by atoms with van der Waals surface area (Å²) in [4.78, 5) is 39.4. The lowest BCUT2D eigenvalue weighted by Gasteiger charge is -2.44. The Morgan fingerprint density at radius 1 is 1.04 bits per heavy atom. The molecule has 0 radical (unpaired) electrons. The first-order valence-electron chi connectivity index (χ1n) is 8.94. The lowest BCUT2D eigenvalue weighted by molar-refractivity contribution is -0.162. The quantitative estimate of drug-likeness (QED) is 0.585. The first-order valence-corrected chi connectivity index (χ1v) is 8.94. The largest absolute Gasteiger partial charge is 0.493 e. The van der Waals surface area contributed by atoms with Crippen LogP contribution in [0.25, 0.3) is 0 Å². The first kappa shape index (κ1) is 21.5. The van der Waals surface area contributed by atoms with E-state index in [0.717, 1.165) is 0 Å². The third kappa shape index (κ3) is 3.27. The number of nitrogens with zero attached hydrogens (tertiary/aromatic N) is 1. The number of benzene rings is 1. The number of ketones is 1. The second kappa shape index (κ2) is 7.69. The number of methoxy groups -OCH3 is 3. The molecule has 1 amide bonds. The van der Waals surface area contributed by atoms with Gasteiger partial charge in [-0.1, -0.05) is 20.8 Å². The minimum absolute atomic E-state index is 0.0413. The lowest BCUT2D eigenvalue weighted by atomic mass is 9.71. The molecule has 28 heavy (non-hydrogen) atoms. The Hall–Kier alpha value is -2.77. The van der Waals surface area contributed by atoms with Gasteiger partial charge in [0.15, 0.2) is 11.5 Å². The zero-order valence-corrected chi connectivity index (χ0v) is 17.1. The predicted octanol–water partition coefficient (Wildman–Crippen LogP) is 2.39. The van der Waals surface area contributed by atoms with Crippen molar-refractivity contribution in [3.05, 3.63) is 17.7 Å². The lowest BCUT2D eigenvalue weighted by Crippen LogP contribution is -2.61. The van der Waals surface area contributed by atoms with Crippen LogP contribution < -0.4 is 14.2 Å².